The van der Waals surface area contributed by atoms with E-state index in [1.165, 1.54) is 14.4 Å². The first-order valence-corrected chi connectivity index (χ1v) is 11.5. The molecule has 0 unspecified atom stereocenters. The number of carbonyl (C=O) groups excluding carboxylic acids is 2. The Bertz CT molecular complexity index is 1240. The average molecular weight is 483 g/mol. The molecule has 2 aliphatic rings. The second kappa shape index (κ2) is 9.18. The van der Waals surface area contributed by atoms with Crippen molar-refractivity contribution in [2.45, 2.75) is 38.5 Å². The Morgan fingerprint density at radius 2 is 1.89 bits per heavy atom. The number of urea groups is 1. The van der Waals surface area contributed by atoms with Crippen molar-refractivity contribution in [2.75, 3.05) is 20.7 Å². The van der Waals surface area contributed by atoms with E-state index in [0.29, 0.717) is 22.4 Å². The minimum Gasteiger partial charge on any atom is -0.481 e. The van der Waals surface area contributed by atoms with Gasteiger partial charge in [0.1, 0.15) is 0 Å². The molecule has 35 heavy (non-hydrogen) atoms. The summed E-state index contributed by atoms with van der Waals surface area (Å²) in [5, 5.41) is 22.9. The standard InChI is InChI=1S/C25H30N4O6/c1-13(2)26-25(35)29-19-11-28-18(21(29)20(24(33)34)17(19)12-30)9-8-16(23(28)32)14-6-5-7-15(10-14)22(31)27(3)4/h5-10,13,17,19-21,30H,11-12H2,1-4H3,(H,26,35)(H,33,34)/t17-,19-,20+,21+/m1/s1. The van der Waals surface area contributed by atoms with Crippen LogP contribution in [0.5, 0.6) is 0 Å². The molecule has 0 spiro atoms. The first-order valence-electron chi connectivity index (χ1n) is 11.5. The number of carboxylic acids is 1. The molecule has 1 aromatic carbocycles. The van der Waals surface area contributed by atoms with Crippen molar-refractivity contribution in [2.24, 2.45) is 11.8 Å². The summed E-state index contributed by atoms with van der Waals surface area (Å²) in [5.41, 5.74) is 1.46. The van der Waals surface area contributed by atoms with Gasteiger partial charge in [0.2, 0.25) is 0 Å². The number of carboxylic acid groups (broad SMARTS) is 1. The topological polar surface area (TPSA) is 132 Å². The molecule has 1 saturated heterocycles. The van der Waals surface area contributed by atoms with E-state index in [1.807, 2.05) is 13.8 Å². The number of rotatable bonds is 5. The van der Waals surface area contributed by atoms with Crippen LogP contribution in [0.4, 0.5) is 4.79 Å². The number of amides is 3. The largest absolute Gasteiger partial charge is 0.481 e. The summed E-state index contributed by atoms with van der Waals surface area (Å²) in [7, 11) is 3.30. The predicted octanol–water partition coefficient (Wildman–Crippen LogP) is 1.38. The van der Waals surface area contributed by atoms with Gasteiger partial charge in [-0.05, 0) is 43.7 Å². The van der Waals surface area contributed by atoms with Crippen molar-refractivity contribution in [1.29, 1.82) is 0 Å². The molecule has 10 nitrogen and oxygen atoms in total. The van der Waals surface area contributed by atoms with Crippen LogP contribution in [0.15, 0.2) is 41.2 Å². The van der Waals surface area contributed by atoms with E-state index in [2.05, 4.69) is 5.32 Å². The molecule has 2 aliphatic heterocycles. The zero-order chi connectivity index (χ0) is 25.6. The van der Waals surface area contributed by atoms with Gasteiger partial charge in [-0.1, -0.05) is 12.1 Å². The van der Waals surface area contributed by atoms with Gasteiger partial charge in [-0.2, -0.15) is 0 Å². The van der Waals surface area contributed by atoms with Crippen LogP contribution in [0, 0.1) is 11.8 Å². The molecule has 3 heterocycles. The SMILES string of the molecule is CC(C)NC(=O)N1[C@@H]2Cn3c(ccc(-c4cccc(C(=O)N(C)C)c4)c3=O)[C@H]1[C@@H](C(=O)O)[C@@H]2CO. The average Bonchev–Trinajstić information content (AvgIpc) is 3.05. The van der Waals surface area contributed by atoms with Crippen LogP contribution in [0.1, 0.15) is 35.9 Å². The zero-order valence-corrected chi connectivity index (χ0v) is 20.1. The molecule has 1 fully saturated rings. The number of hydrogen-bond donors (Lipinski definition) is 3. The quantitative estimate of drug-likeness (QED) is 0.590. The van der Waals surface area contributed by atoms with E-state index in [-0.39, 0.29) is 24.1 Å². The van der Waals surface area contributed by atoms with Gasteiger partial charge < -0.3 is 29.9 Å². The summed E-state index contributed by atoms with van der Waals surface area (Å²) >= 11 is 0. The molecule has 186 valence electrons. The van der Waals surface area contributed by atoms with E-state index in [4.69, 9.17) is 0 Å². The first-order chi connectivity index (χ1) is 16.6. The summed E-state index contributed by atoms with van der Waals surface area (Å²) in [5.74, 6) is -3.09. The lowest BCUT2D eigenvalue weighted by Crippen LogP contribution is -2.53. The van der Waals surface area contributed by atoms with Crippen LogP contribution in [-0.2, 0) is 11.3 Å². The minimum atomic E-state index is -1.13. The van der Waals surface area contributed by atoms with Gasteiger partial charge in [-0.3, -0.25) is 14.4 Å². The van der Waals surface area contributed by atoms with Crippen molar-refractivity contribution in [3.8, 4) is 11.1 Å². The summed E-state index contributed by atoms with van der Waals surface area (Å²) in [6.07, 6.45) is 0. The molecule has 1 aromatic heterocycles. The number of aliphatic hydroxyl groups is 1. The van der Waals surface area contributed by atoms with Gasteiger partial charge >= 0.3 is 12.0 Å². The van der Waals surface area contributed by atoms with E-state index in [0.717, 1.165) is 0 Å². The lowest BCUT2D eigenvalue weighted by Gasteiger charge is -2.38. The maximum absolute atomic E-state index is 13.6. The van der Waals surface area contributed by atoms with Gasteiger partial charge in [0.15, 0.2) is 0 Å². The smallest absolute Gasteiger partial charge is 0.318 e. The number of pyridine rings is 1. The predicted molar refractivity (Wildman–Crippen MR) is 128 cm³/mol. The normalized spacial score (nSPS) is 22.6. The van der Waals surface area contributed by atoms with Gasteiger partial charge in [0, 0.05) is 56.0 Å². The number of carbonyl (C=O) groups is 3. The fraction of sp³-hybridized carbons (Fsp3) is 0.440. The van der Waals surface area contributed by atoms with Crippen LogP contribution in [-0.4, -0.2) is 75.3 Å². The van der Waals surface area contributed by atoms with Gasteiger partial charge in [0.25, 0.3) is 11.5 Å². The van der Waals surface area contributed by atoms with Crippen molar-refractivity contribution in [3.63, 3.8) is 0 Å². The number of nitrogens with one attached hydrogen (secondary N) is 1. The molecule has 10 heteroatoms. The van der Waals surface area contributed by atoms with Crippen LogP contribution < -0.4 is 10.9 Å². The van der Waals surface area contributed by atoms with Crippen LogP contribution >= 0.6 is 0 Å². The zero-order valence-electron chi connectivity index (χ0n) is 20.1. The molecule has 2 bridgehead atoms. The Kier molecular flexibility index (Phi) is 6.42. The van der Waals surface area contributed by atoms with E-state index < -0.39 is 42.5 Å². The third kappa shape index (κ3) is 4.07. The Morgan fingerprint density at radius 1 is 1.17 bits per heavy atom. The maximum atomic E-state index is 13.6. The Balaban J connectivity index is 1.83. The Hall–Kier alpha value is -3.66. The summed E-state index contributed by atoms with van der Waals surface area (Å²) in [6.45, 7) is 3.26. The van der Waals surface area contributed by atoms with Gasteiger partial charge in [0.05, 0.1) is 18.0 Å². The van der Waals surface area contributed by atoms with Crippen molar-refractivity contribution >= 4 is 17.9 Å². The first kappa shape index (κ1) is 24.5. The highest BCUT2D eigenvalue weighted by atomic mass is 16.4. The number of aromatic nitrogens is 1. The minimum absolute atomic E-state index is 0.0648. The molecule has 0 radical (unpaired) electrons. The van der Waals surface area contributed by atoms with Crippen molar-refractivity contribution in [3.05, 3.63) is 58.0 Å². The number of aliphatic hydroxyl groups excluding tert-OH is 1. The summed E-state index contributed by atoms with van der Waals surface area (Å²) < 4.78 is 1.51. The lowest BCUT2D eigenvalue weighted by molar-refractivity contribution is -0.144. The second-order valence-corrected chi connectivity index (χ2v) is 9.60. The monoisotopic (exact) mass is 482 g/mol. The van der Waals surface area contributed by atoms with Crippen molar-refractivity contribution < 1.29 is 24.6 Å². The molecule has 0 aliphatic carbocycles. The maximum Gasteiger partial charge on any atom is 0.318 e. The highest BCUT2D eigenvalue weighted by Crippen LogP contribution is 2.48. The summed E-state index contributed by atoms with van der Waals surface area (Å²) in [6, 6.07) is 7.92. The fourth-order valence-corrected chi connectivity index (χ4v) is 5.28. The number of hydrogen-bond acceptors (Lipinski definition) is 5. The third-order valence-electron chi connectivity index (χ3n) is 6.80. The fourth-order valence-electron chi connectivity index (χ4n) is 5.28. The molecular weight excluding hydrogens is 452 g/mol. The number of nitrogens with zero attached hydrogens (tertiary/aromatic N) is 3. The van der Waals surface area contributed by atoms with E-state index in [1.54, 1.807) is 50.5 Å². The summed E-state index contributed by atoms with van der Waals surface area (Å²) in [4.78, 5) is 54.3. The van der Waals surface area contributed by atoms with Crippen molar-refractivity contribution in [1.82, 2.24) is 19.7 Å². The number of benzene rings is 1. The molecular formula is C25H30N4O6. The Labute approximate surface area is 202 Å². The lowest BCUT2D eigenvalue weighted by atomic mass is 9.87. The Morgan fingerprint density at radius 3 is 2.49 bits per heavy atom. The molecule has 4 rings (SSSR count). The highest BCUT2D eigenvalue weighted by Gasteiger charge is 2.57. The van der Waals surface area contributed by atoms with E-state index >= 15 is 0 Å². The molecule has 0 saturated carbocycles. The number of fused-ring (bicyclic) bond motifs is 4. The molecule has 4 atom stereocenters. The van der Waals surface area contributed by atoms with Crippen LogP contribution in [0.2, 0.25) is 0 Å². The van der Waals surface area contributed by atoms with Crippen LogP contribution in [0.3, 0.4) is 0 Å². The van der Waals surface area contributed by atoms with Gasteiger partial charge in [-0.15, -0.1) is 0 Å². The third-order valence-corrected chi connectivity index (χ3v) is 6.80. The van der Waals surface area contributed by atoms with Gasteiger partial charge in [-0.25, -0.2) is 4.79 Å². The van der Waals surface area contributed by atoms with E-state index in [9.17, 15) is 29.4 Å². The second-order valence-electron chi connectivity index (χ2n) is 9.60. The number of aliphatic carboxylic acids is 1. The highest BCUT2D eigenvalue weighted by molar-refractivity contribution is 5.95. The molecule has 3 amide bonds. The van der Waals surface area contributed by atoms with Crippen LogP contribution in [0.25, 0.3) is 11.1 Å². The molecule has 2 aromatic rings. The molecule has 3 N–H and O–H groups in total.